The van der Waals surface area contributed by atoms with Gasteiger partial charge in [-0.1, -0.05) is 26.0 Å². The first-order valence-electron chi connectivity index (χ1n) is 9.80. The molecule has 0 saturated carbocycles. The quantitative estimate of drug-likeness (QED) is 0.731. The number of nitrogens with two attached hydrogens (primary N) is 1. The molecule has 4 atom stereocenters. The van der Waals surface area contributed by atoms with Gasteiger partial charge in [0.05, 0.1) is 24.9 Å². The van der Waals surface area contributed by atoms with Crippen molar-refractivity contribution in [3.63, 3.8) is 0 Å². The van der Waals surface area contributed by atoms with Crippen molar-refractivity contribution in [1.82, 2.24) is 0 Å². The van der Waals surface area contributed by atoms with E-state index < -0.39 is 11.5 Å². The van der Waals surface area contributed by atoms with Gasteiger partial charge in [-0.2, -0.15) is 0 Å². The second-order valence-electron chi connectivity index (χ2n) is 7.97. The van der Waals surface area contributed by atoms with Crippen molar-refractivity contribution in [2.75, 3.05) is 13.7 Å². The Balaban J connectivity index is 1.90. The van der Waals surface area contributed by atoms with Crippen LogP contribution in [0.1, 0.15) is 42.6 Å². The Hall–Kier alpha value is -2.40. The summed E-state index contributed by atoms with van der Waals surface area (Å²) in [5, 5.41) is 0. The maximum absolute atomic E-state index is 12.6. The second-order valence-corrected chi connectivity index (χ2v) is 7.97. The summed E-state index contributed by atoms with van der Waals surface area (Å²) < 4.78 is 11.5. The highest BCUT2D eigenvalue weighted by Crippen LogP contribution is 2.48. The average molecular weight is 383 g/mol. The van der Waals surface area contributed by atoms with Crippen LogP contribution in [0.5, 0.6) is 5.75 Å². The number of benzene rings is 1. The van der Waals surface area contributed by atoms with Crippen molar-refractivity contribution in [2.45, 2.75) is 38.7 Å². The fraction of sp³-hybridized carbons (Fsp3) is 0.478. The lowest BCUT2D eigenvalue weighted by molar-refractivity contribution is -0.124. The molecule has 1 aliphatic carbocycles. The van der Waals surface area contributed by atoms with Crippen LogP contribution in [0.15, 0.2) is 42.5 Å². The zero-order valence-corrected chi connectivity index (χ0v) is 16.9. The molecule has 1 aliphatic heterocycles. The summed E-state index contributed by atoms with van der Waals surface area (Å²) in [5.41, 5.74) is 7.53. The van der Waals surface area contributed by atoms with Crippen molar-refractivity contribution in [1.29, 1.82) is 0 Å². The summed E-state index contributed by atoms with van der Waals surface area (Å²) in [7, 11) is 1.52. The van der Waals surface area contributed by atoms with Gasteiger partial charge in [0.1, 0.15) is 5.75 Å². The van der Waals surface area contributed by atoms with Gasteiger partial charge < -0.3 is 15.2 Å². The summed E-state index contributed by atoms with van der Waals surface area (Å²) in [6, 6.07) is 5.53. The minimum Gasteiger partial charge on any atom is -0.496 e. The van der Waals surface area contributed by atoms with Gasteiger partial charge in [-0.05, 0) is 60.4 Å². The molecule has 2 N–H and O–H groups in total. The first kappa shape index (κ1) is 20.3. The average Bonchev–Trinajstić information content (AvgIpc) is 3.10. The van der Waals surface area contributed by atoms with Crippen molar-refractivity contribution >= 4 is 11.7 Å². The summed E-state index contributed by atoms with van der Waals surface area (Å²) in [4.78, 5) is 24.4. The van der Waals surface area contributed by atoms with Crippen LogP contribution in [0.2, 0.25) is 0 Å². The Bertz CT molecular complexity index is 828. The normalized spacial score (nSPS) is 26.2. The molecule has 1 aromatic rings. The number of methoxy groups -OCH3 is 1. The Morgan fingerprint density at radius 1 is 1.46 bits per heavy atom. The van der Waals surface area contributed by atoms with Crippen LogP contribution in [0.25, 0.3) is 0 Å². The molecular formula is C23H29NO4. The SMILES string of the molecule is C=CC(C)[C@H]1C[C@]2(C(C)Cc3ccc(OC)c(C(N)=O)c3)OCCC2=CC1=O. The summed E-state index contributed by atoms with van der Waals surface area (Å²) in [5.74, 6) is 0.271. The number of carbonyl (C=O) groups is 2. The molecule has 2 aliphatic rings. The standard InChI is InChI=1S/C23H29NO4/c1-5-14(2)19-13-23(17(8-9-28-23)12-20(19)25)15(3)10-16-6-7-21(27-4)18(11-16)22(24)26/h5-7,11-12,14-15,19H,1,8-10,13H2,2-4H3,(H2,24,26)/t14?,15?,19-,23-/m1/s1. The van der Waals surface area contributed by atoms with Crippen molar-refractivity contribution in [2.24, 2.45) is 23.5 Å². The molecule has 5 heteroatoms. The molecule has 28 heavy (non-hydrogen) atoms. The molecule has 1 saturated heterocycles. The van der Waals surface area contributed by atoms with Gasteiger partial charge >= 0.3 is 0 Å². The number of rotatable bonds is 7. The monoisotopic (exact) mass is 383 g/mol. The maximum atomic E-state index is 12.6. The van der Waals surface area contributed by atoms with Gasteiger partial charge in [0.15, 0.2) is 5.78 Å². The Labute approximate surface area is 166 Å². The third kappa shape index (κ3) is 3.51. The number of ketones is 1. The van der Waals surface area contributed by atoms with E-state index in [-0.39, 0.29) is 23.5 Å². The molecule has 5 nitrogen and oxygen atoms in total. The maximum Gasteiger partial charge on any atom is 0.252 e. The zero-order valence-electron chi connectivity index (χ0n) is 16.9. The zero-order chi connectivity index (χ0) is 20.5. The van der Waals surface area contributed by atoms with Crippen LogP contribution in [0, 0.1) is 17.8 Å². The van der Waals surface area contributed by atoms with E-state index in [9.17, 15) is 9.59 Å². The third-order valence-corrected chi connectivity index (χ3v) is 6.35. The van der Waals surface area contributed by atoms with Crippen LogP contribution in [0.3, 0.4) is 0 Å². The molecule has 0 bridgehead atoms. The van der Waals surface area contributed by atoms with E-state index in [0.717, 1.165) is 17.6 Å². The lowest BCUT2D eigenvalue weighted by atomic mass is 9.66. The third-order valence-electron chi connectivity index (χ3n) is 6.35. The van der Waals surface area contributed by atoms with E-state index in [1.165, 1.54) is 7.11 Å². The molecule has 3 rings (SSSR count). The van der Waals surface area contributed by atoms with Crippen molar-refractivity contribution in [3.8, 4) is 5.75 Å². The molecule has 150 valence electrons. The van der Waals surface area contributed by atoms with Gasteiger partial charge in [-0.3, -0.25) is 9.59 Å². The summed E-state index contributed by atoms with van der Waals surface area (Å²) in [6.07, 6.45) is 5.83. The molecule has 0 spiro atoms. The van der Waals surface area contributed by atoms with Gasteiger partial charge in [0.25, 0.3) is 5.91 Å². The molecular weight excluding hydrogens is 354 g/mol. The molecule has 1 amide bonds. The van der Waals surface area contributed by atoms with E-state index in [1.54, 1.807) is 18.2 Å². The molecule has 1 fully saturated rings. The van der Waals surface area contributed by atoms with E-state index in [1.807, 2.05) is 19.1 Å². The highest BCUT2D eigenvalue weighted by atomic mass is 16.5. The van der Waals surface area contributed by atoms with Crippen LogP contribution in [-0.4, -0.2) is 31.0 Å². The van der Waals surface area contributed by atoms with E-state index in [2.05, 4.69) is 13.5 Å². The number of amides is 1. The topological polar surface area (TPSA) is 78.6 Å². The lowest BCUT2D eigenvalue weighted by Gasteiger charge is -2.42. The fourth-order valence-electron chi connectivity index (χ4n) is 4.60. The van der Waals surface area contributed by atoms with Crippen LogP contribution < -0.4 is 10.5 Å². The Morgan fingerprint density at radius 2 is 2.21 bits per heavy atom. The largest absolute Gasteiger partial charge is 0.496 e. The number of ether oxygens (including phenoxy) is 2. The smallest absolute Gasteiger partial charge is 0.252 e. The molecule has 0 radical (unpaired) electrons. The lowest BCUT2D eigenvalue weighted by Crippen LogP contribution is -2.46. The highest BCUT2D eigenvalue weighted by molar-refractivity contribution is 5.96. The highest BCUT2D eigenvalue weighted by Gasteiger charge is 2.50. The molecule has 1 heterocycles. The predicted molar refractivity (Wildman–Crippen MR) is 108 cm³/mol. The molecule has 2 unspecified atom stereocenters. The molecule has 1 aromatic carbocycles. The molecule has 0 aromatic heterocycles. The Morgan fingerprint density at radius 3 is 2.86 bits per heavy atom. The number of carbonyl (C=O) groups excluding carboxylic acids is 2. The number of fused-ring (bicyclic) bond motifs is 1. The fourth-order valence-corrected chi connectivity index (χ4v) is 4.60. The number of allylic oxidation sites excluding steroid dienone is 2. The van der Waals surface area contributed by atoms with Crippen LogP contribution >= 0.6 is 0 Å². The predicted octanol–water partition coefficient (Wildman–Crippen LogP) is 3.47. The van der Waals surface area contributed by atoms with Crippen molar-refractivity contribution < 1.29 is 19.1 Å². The number of primary amides is 1. The Kier molecular flexibility index (Phi) is 5.75. The van der Waals surface area contributed by atoms with Gasteiger partial charge in [0.2, 0.25) is 0 Å². The first-order chi connectivity index (χ1) is 13.3. The van der Waals surface area contributed by atoms with Crippen LogP contribution in [0.4, 0.5) is 0 Å². The summed E-state index contributed by atoms with van der Waals surface area (Å²) in [6.45, 7) is 8.68. The van der Waals surface area contributed by atoms with E-state index >= 15 is 0 Å². The number of hydrogen-bond acceptors (Lipinski definition) is 4. The van der Waals surface area contributed by atoms with Gasteiger partial charge in [0, 0.05) is 5.92 Å². The van der Waals surface area contributed by atoms with E-state index in [0.29, 0.717) is 30.8 Å². The van der Waals surface area contributed by atoms with Gasteiger partial charge in [-0.15, -0.1) is 6.58 Å². The van der Waals surface area contributed by atoms with Crippen molar-refractivity contribution in [3.05, 3.63) is 53.6 Å². The number of hydrogen-bond donors (Lipinski definition) is 1. The second kappa shape index (κ2) is 7.92. The van der Waals surface area contributed by atoms with Gasteiger partial charge in [-0.25, -0.2) is 0 Å². The first-order valence-corrected chi connectivity index (χ1v) is 9.80. The summed E-state index contributed by atoms with van der Waals surface area (Å²) >= 11 is 0. The van der Waals surface area contributed by atoms with E-state index in [4.69, 9.17) is 15.2 Å². The minimum absolute atomic E-state index is 0.0982. The van der Waals surface area contributed by atoms with Crippen LogP contribution in [-0.2, 0) is 16.0 Å². The minimum atomic E-state index is -0.509.